The second-order valence-corrected chi connectivity index (χ2v) is 7.28. The van der Waals surface area contributed by atoms with Crippen LogP contribution >= 0.6 is 15.9 Å². The molecule has 126 valence electrons. The number of ether oxygens (including phenoxy) is 1. The molecule has 0 unspecified atom stereocenters. The lowest BCUT2D eigenvalue weighted by Crippen LogP contribution is -2.27. The summed E-state index contributed by atoms with van der Waals surface area (Å²) in [7, 11) is 0. The van der Waals surface area contributed by atoms with Crippen molar-refractivity contribution in [2.45, 2.75) is 20.8 Å². The summed E-state index contributed by atoms with van der Waals surface area (Å²) in [6.45, 7) is 5.49. The Balaban J connectivity index is 1.96. The zero-order chi connectivity index (χ0) is 17.7. The van der Waals surface area contributed by atoms with Crippen LogP contribution in [0.4, 0.5) is 5.69 Å². The van der Waals surface area contributed by atoms with Crippen molar-refractivity contribution in [2.24, 2.45) is 5.41 Å². The summed E-state index contributed by atoms with van der Waals surface area (Å²) in [6, 6.07) is 14.2. The zero-order valence-electron chi connectivity index (χ0n) is 13.9. The van der Waals surface area contributed by atoms with Crippen LogP contribution in [0.5, 0.6) is 5.75 Å². The molecule has 0 spiro atoms. The van der Waals surface area contributed by atoms with Crippen molar-refractivity contribution in [3.8, 4) is 5.75 Å². The van der Waals surface area contributed by atoms with Gasteiger partial charge in [0.2, 0.25) is 5.91 Å². The summed E-state index contributed by atoms with van der Waals surface area (Å²) in [5, 5.41) is 2.83. The van der Waals surface area contributed by atoms with E-state index in [2.05, 4.69) is 21.2 Å². The Bertz CT molecular complexity index is 733. The molecule has 0 bridgehead atoms. The van der Waals surface area contributed by atoms with Crippen molar-refractivity contribution in [1.82, 2.24) is 0 Å². The van der Waals surface area contributed by atoms with E-state index < -0.39 is 5.41 Å². The summed E-state index contributed by atoms with van der Waals surface area (Å²) < 4.78 is 6.33. The van der Waals surface area contributed by atoms with Gasteiger partial charge in [-0.3, -0.25) is 9.59 Å². The number of carbonyl (C=O) groups excluding carboxylic acids is 2. The summed E-state index contributed by atoms with van der Waals surface area (Å²) >= 11 is 3.37. The highest BCUT2D eigenvalue weighted by atomic mass is 79.9. The molecule has 2 rings (SSSR count). The smallest absolute Gasteiger partial charge is 0.229 e. The van der Waals surface area contributed by atoms with Crippen LogP contribution in [0.2, 0.25) is 0 Å². The fourth-order valence-corrected chi connectivity index (χ4v) is 2.25. The molecule has 0 aromatic heterocycles. The van der Waals surface area contributed by atoms with Gasteiger partial charge < -0.3 is 10.1 Å². The van der Waals surface area contributed by atoms with Gasteiger partial charge in [0.25, 0.3) is 0 Å². The fraction of sp³-hybridized carbons (Fsp3) is 0.263. The summed E-state index contributed by atoms with van der Waals surface area (Å²) in [4.78, 5) is 24.1. The molecular formula is C19H20BrNO3. The molecule has 5 heteroatoms. The Kier molecular flexibility index (Phi) is 5.78. The largest absolute Gasteiger partial charge is 0.484 e. The molecule has 0 aliphatic heterocycles. The van der Waals surface area contributed by atoms with Crippen molar-refractivity contribution in [3.63, 3.8) is 0 Å². The fourth-order valence-electron chi connectivity index (χ4n) is 1.85. The van der Waals surface area contributed by atoms with E-state index in [-0.39, 0.29) is 18.3 Å². The van der Waals surface area contributed by atoms with E-state index in [1.54, 1.807) is 30.3 Å². The number of nitrogens with one attached hydrogen (secondary N) is 1. The normalized spacial score (nSPS) is 11.0. The van der Waals surface area contributed by atoms with Crippen LogP contribution < -0.4 is 10.1 Å². The van der Waals surface area contributed by atoms with Crippen LogP contribution in [0.1, 0.15) is 31.1 Å². The molecule has 4 nitrogen and oxygen atoms in total. The Morgan fingerprint density at radius 3 is 2.25 bits per heavy atom. The van der Waals surface area contributed by atoms with E-state index in [0.717, 1.165) is 4.47 Å². The minimum Gasteiger partial charge on any atom is -0.484 e. The van der Waals surface area contributed by atoms with E-state index in [1.165, 1.54) is 0 Å². The van der Waals surface area contributed by atoms with Crippen molar-refractivity contribution in [2.75, 3.05) is 11.9 Å². The van der Waals surface area contributed by atoms with E-state index in [4.69, 9.17) is 4.74 Å². The molecule has 0 saturated carbocycles. The number of hydrogen-bond acceptors (Lipinski definition) is 3. The highest BCUT2D eigenvalue weighted by Gasteiger charge is 2.21. The Labute approximate surface area is 150 Å². The van der Waals surface area contributed by atoms with Crippen molar-refractivity contribution in [3.05, 3.63) is 58.6 Å². The molecule has 1 N–H and O–H groups in total. The average molecular weight is 390 g/mol. The number of ketones is 1. The molecule has 0 saturated heterocycles. The van der Waals surface area contributed by atoms with Crippen LogP contribution in [0, 0.1) is 5.41 Å². The molecule has 0 aliphatic rings. The number of amides is 1. The van der Waals surface area contributed by atoms with Crippen LogP contribution in [0.15, 0.2) is 53.0 Å². The summed E-state index contributed by atoms with van der Waals surface area (Å²) in [5.41, 5.74) is 0.736. The lowest BCUT2D eigenvalue weighted by Gasteiger charge is -2.17. The Morgan fingerprint density at radius 1 is 1.04 bits per heavy atom. The number of anilines is 1. The van der Waals surface area contributed by atoms with Gasteiger partial charge in [0.05, 0.1) is 4.47 Å². The standard InChI is InChI=1S/C19H20BrNO3/c1-19(2,3)18(23)21-14-10-8-13(9-11-14)16(22)12-24-17-7-5-4-6-15(17)20/h4-11H,12H2,1-3H3,(H,21,23). The number of hydrogen-bond donors (Lipinski definition) is 1. The molecule has 0 fully saturated rings. The molecule has 1 amide bonds. The molecule has 24 heavy (non-hydrogen) atoms. The van der Waals surface area contributed by atoms with Gasteiger partial charge in [-0.25, -0.2) is 0 Å². The second kappa shape index (κ2) is 7.62. The first-order valence-corrected chi connectivity index (χ1v) is 8.39. The van der Waals surface area contributed by atoms with Gasteiger partial charge in [-0.15, -0.1) is 0 Å². The predicted octanol–water partition coefficient (Wildman–Crippen LogP) is 4.70. The third kappa shape index (κ3) is 4.93. The number of halogens is 1. The highest BCUT2D eigenvalue weighted by Crippen LogP contribution is 2.24. The van der Waals surface area contributed by atoms with Crippen LogP contribution in [0.25, 0.3) is 0 Å². The maximum atomic E-state index is 12.2. The van der Waals surface area contributed by atoms with Crippen LogP contribution in [0.3, 0.4) is 0 Å². The quantitative estimate of drug-likeness (QED) is 0.754. The number of Topliss-reactive ketones (excluding diaryl/α,β-unsaturated/α-hetero) is 1. The number of benzene rings is 2. The zero-order valence-corrected chi connectivity index (χ0v) is 15.5. The van der Waals surface area contributed by atoms with E-state index >= 15 is 0 Å². The minimum absolute atomic E-state index is 0.0453. The first kappa shape index (κ1) is 18.2. The van der Waals surface area contributed by atoms with Gasteiger partial charge in [-0.1, -0.05) is 32.9 Å². The van der Waals surface area contributed by atoms with E-state index in [0.29, 0.717) is 17.0 Å². The monoisotopic (exact) mass is 389 g/mol. The van der Waals surface area contributed by atoms with Crippen LogP contribution in [-0.4, -0.2) is 18.3 Å². The first-order valence-electron chi connectivity index (χ1n) is 7.59. The highest BCUT2D eigenvalue weighted by molar-refractivity contribution is 9.10. The van der Waals surface area contributed by atoms with Gasteiger partial charge in [-0.2, -0.15) is 0 Å². The molecule has 0 aliphatic carbocycles. The Morgan fingerprint density at radius 2 is 1.67 bits per heavy atom. The second-order valence-electron chi connectivity index (χ2n) is 6.42. The van der Waals surface area contributed by atoms with Gasteiger partial charge in [-0.05, 0) is 52.3 Å². The maximum absolute atomic E-state index is 12.2. The Hall–Kier alpha value is -2.14. The SMILES string of the molecule is CC(C)(C)C(=O)Nc1ccc(C(=O)COc2ccccc2Br)cc1. The van der Waals surface area contributed by atoms with Crippen molar-refractivity contribution >= 4 is 33.3 Å². The molecule has 0 heterocycles. The molecule has 0 radical (unpaired) electrons. The van der Waals surface area contributed by atoms with Crippen molar-refractivity contribution < 1.29 is 14.3 Å². The topological polar surface area (TPSA) is 55.4 Å². The summed E-state index contributed by atoms with van der Waals surface area (Å²) in [5.74, 6) is 0.429. The van der Waals surface area contributed by atoms with Gasteiger partial charge in [0.15, 0.2) is 12.4 Å². The minimum atomic E-state index is -0.467. The van der Waals surface area contributed by atoms with E-state index in [1.807, 2.05) is 39.0 Å². The average Bonchev–Trinajstić information content (AvgIpc) is 2.53. The molecule has 2 aromatic carbocycles. The molecular weight excluding hydrogens is 370 g/mol. The third-order valence-electron chi connectivity index (χ3n) is 3.34. The number of para-hydroxylation sites is 1. The first-order chi connectivity index (χ1) is 11.3. The molecule has 2 aromatic rings. The molecule has 0 atom stereocenters. The lowest BCUT2D eigenvalue weighted by atomic mass is 9.95. The number of carbonyl (C=O) groups is 2. The van der Waals surface area contributed by atoms with Crippen LogP contribution in [-0.2, 0) is 4.79 Å². The van der Waals surface area contributed by atoms with Gasteiger partial charge in [0.1, 0.15) is 5.75 Å². The lowest BCUT2D eigenvalue weighted by molar-refractivity contribution is -0.123. The van der Waals surface area contributed by atoms with Gasteiger partial charge in [0, 0.05) is 16.7 Å². The van der Waals surface area contributed by atoms with Crippen molar-refractivity contribution in [1.29, 1.82) is 0 Å². The maximum Gasteiger partial charge on any atom is 0.229 e. The van der Waals surface area contributed by atoms with Gasteiger partial charge >= 0.3 is 0 Å². The third-order valence-corrected chi connectivity index (χ3v) is 4.00. The predicted molar refractivity (Wildman–Crippen MR) is 98.5 cm³/mol. The van der Waals surface area contributed by atoms with E-state index in [9.17, 15) is 9.59 Å². The number of rotatable bonds is 5. The summed E-state index contributed by atoms with van der Waals surface area (Å²) in [6.07, 6.45) is 0.